The van der Waals surface area contributed by atoms with Crippen LogP contribution in [0.3, 0.4) is 0 Å². The average Bonchev–Trinajstić information content (AvgIpc) is 3.35. The van der Waals surface area contributed by atoms with Gasteiger partial charge in [-0.15, -0.1) is 0 Å². The molecule has 2 aliphatic rings. The minimum absolute atomic E-state index is 0.107. The zero-order valence-corrected chi connectivity index (χ0v) is 13.7. The number of hydrogen-bond donors (Lipinski definition) is 1. The summed E-state index contributed by atoms with van der Waals surface area (Å²) >= 11 is 0. The van der Waals surface area contributed by atoms with Crippen LogP contribution in [-0.2, 0) is 9.53 Å². The molecule has 0 aromatic heterocycles. The quantitative estimate of drug-likeness (QED) is 0.932. The van der Waals surface area contributed by atoms with E-state index in [9.17, 15) is 9.59 Å². The third kappa shape index (κ3) is 3.66. The molecule has 2 atom stereocenters. The maximum absolute atomic E-state index is 12.4. The maximum atomic E-state index is 12.4. The molecule has 1 aliphatic heterocycles. The number of ether oxygens (including phenoxy) is 1. The van der Waals surface area contributed by atoms with E-state index in [1.807, 2.05) is 0 Å². The van der Waals surface area contributed by atoms with Crippen molar-refractivity contribution < 1.29 is 14.3 Å². The third-order valence-electron chi connectivity index (χ3n) is 4.87. The van der Waals surface area contributed by atoms with Crippen LogP contribution in [0.15, 0.2) is 24.3 Å². The van der Waals surface area contributed by atoms with Crippen molar-refractivity contribution in [2.24, 2.45) is 5.92 Å². The Balaban J connectivity index is 1.47. The van der Waals surface area contributed by atoms with Gasteiger partial charge in [0.2, 0.25) is 5.91 Å². The Bertz CT molecular complexity index is 594. The molecule has 1 saturated heterocycles. The Kier molecular flexibility index (Phi) is 4.55. The molecule has 1 saturated carbocycles. The molecule has 1 aromatic rings. The number of nitrogens with zero attached hydrogens (tertiary/aromatic N) is 1. The molecule has 5 nitrogen and oxygen atoms in total. The predicted molar refractivity (Wildman–Crippen MR) is 87.2 cm³/mol. The number of amides is 2. The molecule has 1 aromatic carbocycles. The van der Waals surface area contributed by atoms with Crippen LogP contribution in [0.2, 0.25) is 0 Å². The number of carbonyl (C=O) groups excluding carboxylic acids is 2. The zero-order valence-electron chi connectivity index (χ0n) is 13.7. The number of nitrogens with one attached hydrogen (secondary N) is 1. The molecule has 1 heterocycles. The number of methoxy groups -OCH3 is 1. The molecule has 0 spiro atoms. The van der Waals surface area contributed by atoms with Gasteiger partial charge in [-0.3, -0.25) is 4.79 Å². The summed E-state index contributed by atoms with van der Waals surface area (Å²) in [7, 11) is 1.40. The van der Waals surface area contributed by atoms with E-state index in [4.69, 9.17) is 4.74 Å². The third-order valence-corrected chi connectivity index (χ3v) is 4.87. The molecule has 2 unspecified atom stereocenters. The molecule has 5 heteroatoms. The van der Waals surface area contributed by atoms with Gasteiger partial charge in [0.15, 0.2) is 0 Å². The van der Waals surface area contributed by atoms with Gasteiger partial charge in [0.1, 0.15) is 0 Å². The minimum atomic E-state index is -0.281. The lowest BCUT2D eigenvalue weighted by Gasteiger charge is -2.31. The second-order valence-corrected chi connectivity index (χ2v) is 6.60. The van der Waals surface area contributed by atoms with Gasteiger partial charge in [-0.1, -0.05) is 29.8 Å². The molecule has 23 heavy (non-hydrogen) atoms. The first-order chi connectivity index (χ1) is 11.1. The first-order valence-corrected chi connectivity index (χ1v) is 8.28. The summed E-state index contributed by atoms with van der Waals surface area (Å²) in [5, 5.41) is 3.15. The van der Waals surface area contributed by atoms with Crippen molar-refractivity contribution in [1.82, 2.24) is 10.2 Å². The van der Waals surface area contributed by atoms with Crippen LogP contribution in [0, 0.1) is 12.8 Å². The lowest BCUT2D eigenvalue weighted by Crippen LogP contribution is -2.47. The molecule has 2 fully saturated rings. The highest BCUT2D eigenvalue weighted by atomic mass is 16.5. The van der Waals surface area contributed by atoms with E-state index in [1.54, 1.807) is 4.90 Å². The highest BCUT2D eigenvalue weighted by Crippen LogP contribution is 2.47. The fraction of sp³-hybridized carbons (Fsp3) is 0.556. The molecular weight excluding hydrogens is 292 g/mol. The fourth-order valence-electron chi connectivity index (χ4n) is 3.40. The number of hydrogen-bond acceptors (Lipinski definition) is 3. The molecule has 0 radical (unpaired) electrons. The first-order valence-electron chi connectivity index (χ1n) is 8.28. The second-order valence-electron chi connectivity index (χ2n) is 6.60. The second kappa shape index (κ2) is 6.60. The normalized spacial score (nSPS) is 24.2. The molecule has 124 valence electrons. The largest absolute Gasteiger partial charge is 0.453 e. The van der Waals surface area contributed by atoms with Crippen LogP contribution in [0.5, 0.6) is 0 Å². The van der Waals surface area contributed by atoms with Crippen LogP contribution in [0.25, 0.3) is 0 Å². The Morgan fingerprint density at radius 2 is 2.00 bits per heavy atom. The molecule has 3 rings (SSSR count). The Morgan fingerprint density at radius 1 is 1.26 bits per heavy atom. The zero-order chi connectivity index (χ0) is 16.4. The van der Waals surface area contributed by atoms with Gasteiger partial charge in [-0.05, 0) is 37.7 Å². The topological polar surface area (TPSA) is 58.6 Å². The lowest BCUT2D eigenvalue weighted by molar-refractivity contribution is -0.123. The number of aryl methyl sites for hydroxylation is 1. The molecule has 1 aliphatic carbocycles. The number of piperidine rings is 1. The average molecular weight is 316 g/mol. The van der Waals surface area contributed by atoms with E-state index in [0.717, 1.165) is 19.3 Å². The van der Waals surface area contributed by atoms with E-state index in [-0.39, 0.29) is 24.0 Å². The highest BCUT2D eigenvalue weighted by Gasteiger charge is 2.44. The SMILES string of the molecule is COC(=O)N1CCC(NC(=O)C2CC2c2cccc(C)c2)CC1. The van der Waals surface area contributed by atoms with Gasteiger partial charge in [0, 0.05) is 25.0 Å². The van der Waals surface area contributed by atoms with Gasteiger partial charge >= 0.3 is 6.09 Å². The predicted octanol–water partition coefficient (Wildman–Crippen LogP) is 2.45. The Hall–Kier alpha value is -2.04. The van der Waals surface area contributed by atoms with Gasteiger partial charge in [-0.25, -0.2) is 4.79 Å². The van der Waals surface area contributed by atoms with Gasteiger partial charge < -0.3 is 15.0 Å². The van der Waals surface area contributed by atoms with Crippen molar-refractivity contribution in [3.63, 3.8) is 0 Å². The smallest absolute Gasteiger partial charge is 0.409 e. The van der Waals surface area contributed by atoms with Crippen LogP contribution in [0.1, 0.15) is 36.3 Å². The summed E-state index contributed by atoms with van der Waals surface area (Å²) in [5.74, 6) is 0.633. The van der Waals surface area contributed by atoms with E-state index in [2.05, 4.69) is 36.5 Å². The number of benzene rings is 1. The molecular formula is C18H24N2O3. The van der Waals surface area contributed by atoms with Crippen LogP contribution in [0.4, 0.5) is 4.79 Å². The first kappa shape index (κ1) is 15.8. The summed E-state index contributed by atoms with van der Waals surface area (Å²) in [6.45, 7) is 3.36. The summed E-state index contributed by atoms with van der Waals surface area (Å²) in [4.78, 5) is 25.5. The van der Waals surface area contributed by atoms with Crippen molar-refractivity contribution in [1.29, 1.82) is 0 Å². The van der Waals surface area contributed by atoms with Gasteiger partial charge in [-0.2, -0.15) is 0 Å². The summed E-state index contributed by atoms with van der Waals surface area (Å²) in [6.07, 6.45) is 2.25. The molecule has 1 N–H and O–H groups in total. The van der Waals surface area contributed by atoms with Gasteiger partial charge in [0.25, 0.3) is 0 Å². The van der Waals surface area contributed by atoms with E-state index in [1.165, 1.54) is 18.2 Å². The monoisotopic (exact) mass is 316 g/mol. The number of carbonyl (C=O) groups is 2. The van der Waals surface area contributed by atoms with Crippen LogP contribution in [-0.4, -0.2) is 43.1 Å². The molecule has 2 amide bonds. The number of rotatable bonds is 3. The van der Waals surface area contributed by atoms with Crippen molar-refractivity contribution >= 4 is 12.0 Å². The van der Waals surface area contributed by atoms with Crippen LogP contribution < -0.4 is 5.32 Å². The van der Waals surface area contributed by atoms with Crippen molar-refractivity contribution in [2.45, 2.75) is 38.1 Å². The number of likely N-dealkylation sites (tertiary alicyclic amines) is 1. The van der Waals surface area contributed by atoms with Crippen molar-refractivity contribution in [3.05, 3.63) is 35.4 Å². The Morgan fingerprint density at radius 3 is 2.65 bits per heavy atom. The van der Waals surface area contributed by atoms with E-state index >= 15 is 0 Å². The van der Waals surface area contributed by atoms with E-state index in [0.29, 0.717) is 19.0 Å². The summed E-state index contributed by atoms with van der Waals surface area (Å²) in [5.41, 5.74) is 2.51. The standard InChI is InChI=1S/C18H24N2O3/c1-12-4-3-5-13(10-12)15-11-16(15)17(21)19-14-6-8-20(9-7-14)18(22)23-2/h3-5,10,14-16H,6-9,11H2,1-2H3,(H,19,21). The van der Waals surface area contributed by atoms with Gasteiger partial charge in [0.05, 0.1) is 7.11 Å². The van der Waals surface area contributed by atoms with Crippen molar-refractivity contribution in [2.75, 3.05) is 20.2 Å². The summed E-state index contributed by atoms with van der Waals surface area (Å²) in [6, 6.07) is 8.59. The van der Waals surface area contributed by atoms with Crippen molar-refractivity contribution in [3.8, 4) is 0 Å². The Labute approximate surface area is 137 Å². The lowest BCUT2D eigenvalue weighted by atomic mass is 10.0. The van der Waals surface area contributed by atoms with E-state index < -0.39 is 0 Å². The minimum Gasteiger partial charge on any atom is -0.453 e. The highest BCUT2D eigenvalue weighted by molar-refractivity contribution is 5.83. The fourth-order valence-corrected chi connectivity index (χ4v) is 3.40. The van der Waals surface area contributed by atoms with Crippen LogP contribution >= 0.6 is 0 Å². The summed E-state index contributed by atoms with van der Waals surface area (Å²) < 4.78 is 4.73. The molecule has 0 bridgehead atoms. The maximum Gasteiger partial charge on any atom is 0.409 e.